The lowest BCUT2D eigenvalue weighted by Gasteiger charge is -1.99. The van der Waals surface area contributed by atoms with Gasteiger partial charge >= 0.3 is 0 Å². The summed E-state index contributed by atoms with van der Waals surface area (Å²) < 4.78 is 7.88. The average molecular weight is 318 g/mol. The van der Waals surface area contributed by atoms with Crippen LogP contribution in [-0.2, 0) is 7.05 Å². The summed E-state index contributed by atoms with van der Waals surface area (Å²) in [7, 11) is 1.81. The Hall–Kier alpha value is -2.33. The monoisotopic (exact) mass is 317 g/mol. The smallest absolute Gasteiger partial charge is 0.230 e. The van der Waals surface area contributed by atoms with Gasteiger partial charge < -0.3 is 10.2 Å². The molecule has 3 rings (SSSR count). The molecule has 94 valence electrons. The van der Waals surface area contributed by atoms with Crippen LogP contribution >= 0.6 is 15.9 Å². The summed E-state index contributed by atoms with van der Waals surface area (Å²) >= 11 is 3.33. The van der Waals surface area contributed by atoms with E-state index in [0.29, 0.717) is 32.7 Å². The molecular weight excluding hydrogens is 310 g/mol. The van der Waals surface area contributed by atoms with Crippen molar-refractivity contribution >= 4 is 32.7 Å². The van der Waals surface area contributed by atoms with Crippen LogP contribution in [0, 0.1) is 11.3 Å². The van der Waals surface area contributed by atoms with E-state index in [1.807, 2.05) is 13.1 Å². The fourth-order valence-corrected chi connectivity index (χ4v) is 2.29. The van der Waals surface area contributed by atoms with Gasteiger partial charge in [-0.05, 0) is 22.0 Å². The molecular formula is C12H8BrN5O. The maximum absolute atomic E-state index is 9.01. The number of halogens is 1. The Balaban J connectivity index is 2.27. The van der Waals surface area contributed by atoms with Crippen LogP contribution in [-0.4, -0.2) is 14.8 Å². The SMILES string of the molecule is Cn1cc(-c2nc3cc(C#N)c(N)c(Br)c3o2)cn1. The first-order valence-electron chi connectivity index (χ1n) is 5.38. The van der Waals surface area contributed by atoms with Crippen molar-refractivity contribution < 1.29 is 4.42 Å². The van der Waals surface area contributed by atoms with Crippen molar-refractivity contribution in [2.24, 2.45) is 7.05 Å². The molecule has 19 heavy (non-hydrogen) atoms. The summed E-state index contributed by atoms with van der Waals surface area (Å²) in [5.41, 5.74) is 8.42. The number of nitrogens with zero attached hydrogens (tertiary/aromatic N) is 4. The van der Waals surface area contributed by atoms with E-state index in [-0.39, 0.29) is 0 Å². The van der Waals surface area contributed by atoms with Crippen molar-refractivity contribution in [3.8, 4) is 17.5 Å². The second-order valence-electron chi connectivity index (χ2n) is 4.03. The van der Waals surface area contributed by atoms with E-state index in [1.54, 1.807) is 23.1 Å². The van der Waals surface area contributed by atoms with E-state index in [1.165, 1.54) is 0 Å². The van der Waals surface area contributed by atoms with Crippen molar-refractivity contribution in [3.63, 3.8) is 0 Å². The first kappa shape index (κ1) is 11.7. The molecule has 6 nitrogen and oxygen atoms in total. The van der Waals surface area contributed by atoms with Gasteiger partial charge in [-0.3, -0.25) is 4.68 Å². The fraction of sp³-hybridized carbons (Fsp3) is 0.0833. The highest BCUT2D eigenvalue weighted by Gasteiger charge is 2.16. The Bertz CT molecular complexity index is 827. The number of nitrogen functional groups attached to an aromatic ring is 1. The largest absolute Gasteiger partial charge is 0.435 e. The molecule has 0 saturated heterocycles. The van der Waals surface area contributed by atoms with E-state index in [9.17, 15) is 0 Å². The lowest BCUT2D eigenvalue weighted by molar-refractivity contribution is 0.618. The Morgan fingerprint density at radius 3 is 2.95 bits per heavy atom. The highest BCUT2D eigenvalue weighted by Crippen LogP contribution is 2.35. The minimum absolute atomic E-state index is 0.351. The molecule has 0 aliphatic heterocycles. The Labute approximate surface area is 116 Å². The third-order valence-electron chi connectivity index (χ3n) is 2.73. The number of rotatable bonds is 1. The van der Waals surface area contributed by atoms with Crippen molar-refractivity contribution in [2.75, 3.05) is 5.73 Å². The summed E-state index contributed by atoms with van der Waals surface area (Å²) in [5, 5.41) is 13.1. The standard InChI is InChI=1S/C12H8BrN5O/c1-18-5-7(4-16-18)12-17-8-2-6(3-14)10(15)9(13)11(8)19-12/h2,4-5H,15H2,1H3. The van der Waals surface area contributed by atoms with Gasteiger partial charge in [0.2, 0.25) is 5.89 Å². The van der Waals surface area contributed by atoms with Gasteiger partial charge in [-0.25, -0.2) is 4.98 Å². The summed E-state index contributed by atoms with van der Waals surface area (Å²) in [5.74, 6) is 0.443. The van der Waals surface area contributed by atoms with Crippen LogP contribution < -0.4 is 5.73 Å². The number of hydrogen-bond donors (Lipinski definition) is 1. The quantitative estimate of drug-likeness (QED) is 0.696. The number of fused-ring (bicyclic) bond motifs is 1. The maximum Gasteiger partial charge on any atom is 0.230 e. The topological polar surface area (TPSA) is 93.7 Å². The lowest BCUT2D eigenvalue weighted by Crippen LogP contribution is -1.91. The number of aryl methyl sites for hydroxylation is 1. The minimum Gasteiger partial charge on any atom is -0.435 e. The molecule has 2 aromatic heterocycles. The number of aromatic nitrogens is 3. The number of anilines is 1. The average Bonchev–Trinajstić information content (AvgIpc) is 2.99. The predicted octanol–water partition coefficient (Wildman–Crippen LogP) is 2.44. The molecule has 0 unspecified atom stereocenters. The van der Waals surface area contributed by atoms with Crippen LogP contribution in [0.4, 0.5) is 5.69 Å². The Kier molecular flexibility index (Phi) is 2.54. The number of nitriles is 1. The van der Waals surface area contributed by atoms with Crippen LogP contribution in [0.1, 0.15) is 5.56 Å². The van der Waals surface area contributed by atoms with Crippen LogP contribution in [0.5, 0.6) is 0 Å². The molecule has 2 heterocycles. The number of nitrogens with two attached hydrogens (primary N) is 1. The molecule has 0 aliphatic rings. The number of oxazole rings is 1. The summed E-state index contributed by atoms with van der Waals surface area (Å²) in [6.45, 7) is 0. The van der Waals surface area contributed by atoms with Crippen molar-refractivity contribution in [2.45, 2.75) is 0 Å². The van der Waals surface area contributed by atoms with E-state index in [2.05, 4.69) is 26.0 Å². The normalized spacial score (nSPS) is 10.8. The van der Waals surface area contributed by atoms with E-state index in [4.69, 9.17) is 15.4 Å². The van der Waals surface area contributed by atoms with Crippen LogP contribution in [0.25, 0.3) is 22.6 Å². The number of benzene rings is 1. The highest BCUT2D eigenvalue weighted by molar-refractivity contribution is 9.10. The van der Waals surface area contributed by atoms with Gasteiger partial charge in [0.15, 0.2) is 5.58 Å². The summed E-state index contributed by atoms with van der Waals surface area (Å²) in [6, 6.07) is 3.64. The van der Waals surface area contributed by atoms with Gasteiger partial charge in [-0.1, -0.05) is 0 Å². The highest BCUT2D eigenvalue weighted by atomic mass is 79.9. The van der Waals surface area contributed by atoms with Gasteiger partial charge in [0.05, 0.1) is 27.5 Å². The van der Waals surface area contributed by atoms with E-state index < -0.39 is 0 Å². The first-order chi connectivity index (χ1) is 9.10. The molecule has 3 aromatic rings. The number of hydrogen-bond acceptors (Lipinski definition) is 5. The zero-order chi connectivity index (χ0) is 13.6. The third kappa shape index (κ3) is 1.77. The zero-order valence-corrected chi connectivity index (χ0v) is 11.5. The second-order valence-corrected chi connectivity index (χ2v) is 4.83. The van der Waals surface area contributed by atoms with Gasteiger partial charge in [-0.2, -0.15) is 10.4 Å². The van der Waals surface area contributed by atoms with Gasteiger partial charge in [-0.15, -0.1) is 0 Å². The van der Waals surface area contributed by atoms with Gasteiger partial charge in [0.25, 0.3) is 0 Å². The molecule has 7 heteroatoms. The Morgan fingerprint density at radius 1 is 1.53 bits per heavy atom. The molecule has 0 radical (unpaired) electrons. The summed E-state index contributed by atoms with van der Waals surface area (Å²) in [4.78, 5) is 4.35. The molecule has 0 bridgehead atoms. The van der Waals surface area contributed by atoms with E-state index >= 15 is 0 Å². The summed E-state index contributed by atoms with van der Waals surface area (Å²) in [6.07, 6.45) is 3.46. The molecule has 0 saturated carbocycles. The van der Waals surface area contributed by atoms with Crippen molar-refractivity contribution in [3.05, 3.63) is 28.5 Å². The van der Waals surface area contributed by atoms with Crippen LogP contribution in [0.3, 0.4) is 0 Å². The fourth-order valence-electron chi connectivity index (χ4n) is 1.79. The predicted molar refractivity (Wildman–Crippen MR) is 73.0 cm³/mol. The van der Waals surface area contributed by atoms with Crippen LogP contribution in [0.15, 0.2) is 27.3 Å². The van der Waals surface area contributed by atoms with Crippen molar-refractivity contribution in [1.82, 2.24) is 14.8 Å². The third-order valence-corrected chi connectivity index (χ3v) is 3.52. The van der Waals surface area contributed by atoms with Gasteiger partial charge in [0, 0.05) is 13.2 Å². The maximum atomic E-state index is 9.01. The molecule has 0 atom stereocenters. The molecule has 0 spiro atoms. The minimum atomic E-state index is 0.351. The molecule has 0 amide bonds. The van der Waals surface area contributed by atoms with E-state index in [0.717, 1.165) is 5.56 Å². The Morgan fingerprint density at radius 2 is 2.32 bits per heavy atom. The molecule has 0 fully saturated rings. The lowest BCUT2D eigenvalue weighted by atomic mass is 10.2. The van der Waals surface area contributed by atoms with Crippen LogP contribution in [0.2, 0.25) is 0 Å². The molecule has 1 aromatic carbocycles. The molecule has 2 N–H and O–H groups in total. The second kappa shape index (κ2) is 4.10. The first-order valence-corrected chi connectivity index (χ1v) is 6.17. The van der Waals surface area contributed by atoms with Crippen molar-refractivity contribution in [1.29, 1.82) is 5.26 Å². The van der Waals surface area contributed by atoms with Gasteiger partial charge in [0.1, 0.15) is 11.6 Å². The molecule has 0 aliphatic carbocycles. The zero-order valence-electron chi connectivity index (χ0n) is 9.88.